The maximum atomic E-state index is 11.0. The number of benzene rings is 1. The van der Waals surface area contributed by atoms with E-state index in [-0.39, 0.29) is 5.97 Å². The summed E-state index contributed by atoms with van der Waals surface area (Å²) in [5.41, 5.74) is 1.80. The Morgan fingerprint density at radius 3 is 2.56 bits per heavy atom. The maximum Gasteiger partial charge on any atom is 0.305 e. The highest BCUT2D eigenvalue weighted by Gasteiger charge is 2.43. The Morgan fingerprint density at radius 1 is 1.31 bits per heavy atom. The molecule has 1 aromatic rings. The van der Waals surface area contributed by atoms with Crippen LogP contribution in [-0.2, 0) is 14.9 Å². The Kier molecular flexibility index (Phi) is 3.28. The minimum Gasteiger partial charge on any atom is -0.469 e. The fourth-order valence-corrected chi connectivity index (χ4v) is 2.30. The van der Waals surface area contributed by atoms with Gasteiger partial charge in [0.15, 0.2) is 0 Å². The Bertz CT molecular complexity index is 352. The molecule has 1 aromatic carbocycles. The van der Waals surface area contributed by atoms with Gasteiger partial charge in [-0.25, -0.2) is 0 Å². The second-order valence-electron chi connectivity index (χ2n) is 4.58. The van der Waals surface area contributed by atoms with Crippen LogP contribution in [0.2, 0.25) is 0 Å². The van der Waals surface area contributed by atoms with Crippen molar-refractivity contribution in [1.82, 2.24) is 0 Å². The summed E-state index contributed by atoms with van der Waals surface area (Å²) in [5, 5.41) is 0. The van der Waals surface area contributed by atoms with Crippen molar-refractivity contribution >= 4 is 5.97 Å². The van der Waals surface area contributed by atoms with Crippen LogP contribution in [0.25, 0.3) is 0 Å². The number of hydrogen-bond donors (Lipinski definition) is 0. The van der Waals surface area contributed by atoms with E-state index in [2.05, 4.69) is 29.0 Å². The number of rotatable bonds is 5. The molecule has 1 saturated carbocycles. The molecule has 2 nitrogen and oxygen atoms in total. The smallest absolute Gasteiger partial charge is 0.305 e. The van der Waals surface area contributed by atoms with Crippen LogP contribution in [-0.4, -0.2) is 13.1 Å². The zero-order valence-corrected chi connectivity index (χ0v) is 9.74. The number of hydrogen-bond acceptors (Lipinski definition) is 2. The van der Waals surface area contributed by atoms with Crippen LogP contribution in [0.4, 0.5) is 0 Å². The monoisotopic (exact) mass is 218 g/mol. The topological polar surface area (TPSA) is 26.3 Å². The third-order valence-electron chi connectivity index (χ3n) is 3.50. The maximum absolute atomic E-state index is 11.0. The molecule has 1 fully saturated rings. The van der Waals surface area contributed by atoms with Crippen LogP contribution >= 0.6 is 0 Å². The Hall–Kier alpha value is -1.31. The van der Waals surface area contributed by atoms with Gasteiger partial charge in [-0.3, -0.25) is 4.79 Å². The Morgan fingerprint density at radius 2 is 2.00 bits per heavy atom. The highest BCUT2D eigenvalue weighted by Crippen LogP contribution is 2.51. The zero-order valence-electron chi connectivity index (χ0n) is 9.74. The lowest BCUT2D eigenvalue weighted by atomic mass is 9.90. The summed E-state index contributed by atoms with van der Waals surface area (Å²) in [5.74, 6) is -0.0936. The largest absolute Gasteiger partial charge is 0.469 e. The van der Waals surface area contributed by atoms with Crippen molar-refractivity contribution in [2.75, 3.05) is 7.11 Å². The predicted molar refractivity (Wildman–Crippen MR) is 63.2 cm³/mol. The molecule has 0 atom stereocenters. The zero-order chi connectivity index (χ0) is 11.4. The van der Waals surface area contributed by atoms with Gasteiger partial charge in [0.05, 0.1) is 7.11 Å². The van der Waals surface area contributed by atoms with Crippen LogP contribution < -0.4 is 0 Å². The summed E-state index contributed by atoms with van der Waals surface area (Å²) >= 11 is 0. The molecule has 0 unspecified atom stereocenters. The summed E-state index contributed by atoms with van der Waals surface area (Å²) in [6, 6.07) is 10.6. The minimum atomic E-state index is -0.0936. The first-order valence-electron chi connectivity index (χ1n) is 5.89. The fourth-order valence-electron chi connectivity index (χ4n) is 2.30. The third kappa shape index (κ3) is 2.43. The second kappa shape index (κ2) is 4.69. The molecule has 16 heavy (non-hydrogen) atoms. The minimum absolute atomic E-state index is 0.0936. The van der Waals surface area contributed by atoms with Crippen LogP contribution in [0.5, 0.6) is 0 Å². The molecule has 1 aliphatic carbocycles. The van der Waals surface area contributed by atoms with Gasteiger partial charge in [0, 0.05) is 6.42 Å². The Labute approximate surface area is 96.6 Å². The van der Waals surface area contributed by atoms with Crippen molar-refractivity contribution in [2.24, 2.45) is 0 Å². The summed E-state index contributed by atoms with van der Waals surface area (Å²) in [7, 11) is 1.45. The van der Waals surface area contributed by atoms with Gasteiger partial charge >= 0.3 is 5.97 Å². The molecule has 86 valence electrons. The lowest BCUT2D eigenvalue weighted by Gasteiger charge is -2.14. The van der Waals surface area contributed by atoms with E-state index in [0.717, 1.165) is 12.8 Å². The molecule has 0 bridgehead atoms. The SMILES string of the molecule is COC(=O)CCCC1(c2ccccc2)CC1. The second-order valence-corrected chi connectivity index (χ2v) is 4.58. The first-order valence-corrected chi connectivity index (χ1v) is 5.89. The van der Waals surface area contributed by atoms with Gasteiger partial charge in [0.2, 0.25) is 0 Å². The normalized spacial score (nSPS) is 16.8. The van der Waals surface area contributed by atoms with Crippen LogP contribution in [0, 0.1) is 0 Å². The third-order valence-corrected chi connectivity index (χ3v) is 3.50. The van der Waals surface area contributed by atoms with Crippen LogP contribution in [0.15, 0.2) is 30.3 Å². The van der Waals surface area contributed by atoms with Gasteiger partial charge in [0.25, 0.3) is 0 Å². The van der Waals surface area contributed by atoms with Crippen LogP contribution in [0.1, 0.15) is 37.7 Å². The van der Waals surface area contributed by atoms with Crippen molar-refractivity contribution in [1.29, 1.82) is 0 Å². The molecule has 0 saturated heterocycles. The number of ether oxygens (including phenoxy) is 1. The predicted octanol–water partition coefficient (Wildman–Crippen LogP) is 3.06. The highest BCUT2D eigenvalue weighted by molar-refractivity contribution is 5.69. The Balaban J connectivity index is 1.88. The van der Waals surface area contributed by atoms with Crippen molar-refractivity contribution in [2.45, 2.75) is 37.5 Å². The van der Waals surface area contributed by atoms with E-state index in [1.54, 1.807) is 0 Å². The lowest BCUT2D eigenvalue weighted by Crippen LogP contribution is -2.08. The standard InChI is InChI=1S/C14H18O2/c1-16-13(15)8-5-9-14(10-11-14)12-6-3-2-4-7-12/h2-4,6-7H,5,8-11H2,1H3. The summed E-state index contributed by atoms with van der Waals surface area (Å²) in [6.45, 7) is 0. The molecule has 0 heterocycles. The van der Waals surface area contributed by atoms with E-state index in [9.17, 15) is 4.79 Å². The van der Waals surface area contributed by atoms with E-state index >= 15 is 0 Å². The summed E-state index contributed by atoms with van der Waals surface area (Å²) in [4.78, 5) is 11.0. The summed E-state index contributed by atoms with van der Waals surface area (Å²) < 4.78 is 4.65. The number of carbonyl (C=O) groups is 1. The fraction of sp³-hybridized carbons (Fsp3) is 0.500. The van der Waals surface area contributed by atoms with E-state index in [4.69, 9.17) is 0 Å². The van der Waals surface area contributed by atoms with Crippen molar-refractivity contribution < 1.29 is 9.53 Å². The molecule has 0 N–H and O–H groups in total. The molecular weight excluding hydrogens is 200 g/mol. The van der Waals surface area contributed by atoms with Gasteiger partial charge in [-0.05, 0) is 36.7 Å². The van der Waals surface area contributed by atoms with Gasteiger partial charge < -0.3 is 4.74 Å². The van der Waals surface area contributed by atoms with Gasteiger partial charge in [-0.1, -0.05) is 30.3 Å². The average Bonchev–Trinajstić information content (AvgIpc) is 3.11. The molecule has 0 amide bonds. The van der Waals surface area contributed by atoms with E-state index < -0.39 is 0 Å². The molecule has 2 rings (SSSR count). The van der Waals surface area contributed by atoms with E-state index in [1.807, 2.05) is 6.07 Å². The van der Waals surface area contributed by atoms with Crippen molar-refractivity contribution in [3.05, 3.63) is 35.9 Å². The highest BCUT2D eigenvalue weighted by atomic mass is 16.5. The van der Waals surface area contributed by atoms with E-state index in [0.29, 0.717) is 11.8 Å². The molecular formula is C14H18O2. The van der Waals surface area contributed by atoms with Gasteiger partial charge in [-0.15, -0.1) is 0 Å². The quantitative estimate of drug-likeness (QED) is 0.710. The number of methoxy groups -OCH3 is 1. The lowest BCUT2D eigenvalue weighted by molar-refractivity contribution is -0.140. The van der Waals surface area contributed by atoms with Crippen molar-refractivity contribution in [3.63, 3.8) is 0 Å². The first-order chi connectivity index (χ1) is 7.77. The van der Waals surface area contributed by atoms with Crippen LogP contribution in [0.3, 0.4) is 0 Å². The summed E-state index contributed by atoms with van der Waals surface area (Å²) in [6.07, 6.45) is 5.11. The number of carbonyl (C=O) groups excluding carboxylic acids is 1. The molecule has 0 spiro atoms. The number of esters is 1. The molecule has 2 heteroatoms. The molecule has 0 aromatic heterocycles. The van der Waals surface area contributed by atoms with Gasteiger partial charge in [0.1, 0.15) is 0 Å². The van der Waals surface area contributed by atoms with Crippen molar-refractivity contribution in [3.8, 4) is 0 Å². The molecule has 0 aliphatic heterocycles. The van der Waals surface area contributed by atoms with Gasteiger partial charge in [-0.2, -0.15) is 0 Å². The first kappa shape index (κ1) is 11.2. The molecule has 1 aliphatic rings. The van der Waals surface area contributed by atoms with E-state index in [1.165, 1.54) is 25.5 Å². The average molecular weight is 218 g/mol. The molecule has 0 radical (unpaired) electrons.